The summed E-state index contributed by atoms with van der Waals surface area (Å²) in [6.07, 6.45) is 2.08. The summed E-state index contributed by atoms with van der Waals surface area (Å²) in [5.41, 5.74) is 0. The van der Waals surface area contributed by atoms with Crippen LogP contribution in [0.3, 0.4) is 0 Å². The fourth-order valence-electron chi connectivity index (χ4n) is 4.21. The van der Waals surface area contributed by atoms with Gasteiger partial charge in [-0.25, -0.2) is 0 Å². The molecule has 3 fully saturated rings. The Balaban J connectivity index is 1.23. The molecule has 0 radical (unpaired) electrons. The molecular formula is C18H27N3O2S. The van der Waals surface area contributed by atoms with E-state index in [4.69, 9.17) is 4.74 Å². The number of carbonyl (C=O) groups excluding carboxylic acids is 1. The van der Waals surface area contributed by atoms with E-state index in [1.165, 1.54) is 4.88 Å². The largest absolute Gasteiger partial charge is 0.373 e. The molecule has 0 bridgehead atoms. The number of piperazine rings is 1. The monoisotopic (exact) mass is 349 g/mol. The fraction of sp³-hybridized carbons (Fsp3) is 0.722. The van der Waals surface area contributed by atoms with Crippen LogP contribution < -0.4 is 0 Å². The molecule has 1 aromatic heterocycles. The maximum atomic E-state index is 12.5. The van der Waals surface area contributed by atoms with Crippen LogP contribution in [0.25, 0.3) is 0 Å². The topological polar surface area (TPSA) is 36.0 Å². The van der Waals surface area contributed by atoms with E-state index in [0.29, 0.717) is 18.4 Å². The number of hydrogen-bond donors (Lipinski definition) is 0. The van der Waals surface area contributed by atoms with Crippen LogP contribution in [0, 0.1) is 5.92 Å². The van der Waals surface area contributed by atoms with Crippen molar-refractivity contribution in [3.05, 3.63) is 22.4 Å². The van der Waals surface area contributed by atoms with Gasteiger partial charge >= 0.3 is 0 Å². The van der Waals surface area contributed by atoms with E-state index >= 15 is 0 Å². The lowest BCUT2D eigenvalue weighted by Crippen LogP contribution is -2.47. The average Bonchev–Trinajstić information content (AvgIpc) is 3.25. The van der Waals surface area contributed by atoms with Crippen LogP contribution in [-0.4, -0.2) is 79.1 Å². The fourth-order valence-corrected chi connectivity index (χ4v) is 4.96. The molecule has 4 heterocycles. The van der Waals surface area contributed by atoms with Crippen LogP contribution in [0.2, 0.25) is 0 Å². The first-order valence-corrected chi connectivity index (χ1v) is 9.92. The van der Waals surface area contributed by atoms with Gasteiger partial charge in [0.2, 0.25) is 5.91 Å². The summed E-state index contributed by atoms with van der Waals surface area (Å²) in [6, 6.07) is 4.32. The highest BCUT2D eigenvalue weighted by atomic mass is 32.1. The summed E-state index contributed by atoms with van der Waals surface area (Å²) in [5.74, 6) is 0.888. The number of fused-ring (bicyclic) bond motifs is 1. The highest BCUT2D eigenvalue weighted by Crippen LogP contribution is 2.35. The van der Waals surface area contributed by atoms with Crippen LogP contribution in [-0.2, 0) is 16.1 Å². The molecule has 0 saturated carbocycles. The number of hydrogen-bond acceptors (Lipinski definition) is 5. The second kappa shape index (κ2) is 7.12. The predicted octanol–water partition coefficient (Wildman–Crippen LogP) is 1.50. The maximum Gasteiger partial charge on any atom is 0.225 e. The van der Waals surface area contributed by atoms with Crippen LogP contribution >= 0.6 is 11.3 Å². The van der Waals surface area contributed by atoms with Gasteiger partial charge in [-0.05, 0) is 24.9 Å². The van der Waals surface area contributed by atoms with E-state index < -0.39 is 0 Å². The van der Waals surface area contributed by atoms with Gasteiger partial charge in [0.1, 0.15) is 0 Å². The lowest BCUT2D eigenvalue weighted by Gasteiger charge is -2.33. The van der Waals surface area contributed by atoms with Crippen molar-refractivity contribution in [3.63, 3.8) is 0 Å². The number of nitrogens with zero attached hydrogens (tertiary/aromatic N) is 3. The number of ether oxygens (including phenoxy) is 1. The zero-order valence-electron chi connectivity index (χ0n) is 14.4. The Hall–Kier alpha value is -0.950. The quantitative estimate of drug-likeness (QED) is 0.825. The molecule has 6 heteroatoms. The smallest absolute Gasteiger partial charge is 0.225 e. The van der Waals surface area contributed by atoms with Crippen LogP contribution in [0.1, 0.15) is 17.7 Å². The molecule has 24 heavy (non-hydrogen) atoms. The van der Waals surface area contributed by atoms with E-state index in [9.17, 15) is 4.79 Å². The second-order valence-corrected chi connectivity index (χ2v) is 8.49. The third-order valence-corrected chi connectivity index (χ3v) is 6.47. The minimum Gasteiger partial charge on any atom is -0.373 e. The number of likely N-dealkylation sites (tertiary alicyclic amines) is 1. The first-order chi connectivity index (χ1) is 11.7. The Morgan fingerprint density at radius 3 is 2.83 bits per heavy atom. The Morgan fingerprint density at radius 2 is 2.12 bits per heavy atom. The maximum absolute atomic E-state index is 12.5. The lowest BCUT2D eigenvalue weighted by atomic mass is 10.0. The summed E-state index contributed by atoms with van der Waals surface area (Å²) < 4.78 is 6.22. The third-order valence-electron chi connectivity index (χ3n) is 5.61. The van der Waals surface area contributed by atoms with E-state index in [1.807, 2.05) is 16.2 Å². The zero-order chi connectivity index (χ0) is 16.5. The number of amides is 1. The molecule has 1 aromatic rings. The van der Waals surface area contributed by atoms with Crippen LogP contribution in [0.4, 0.5) is 0 Å². The molecule has 132 valence electrons. The summed E-state index contributed by atoms with van der Waals surface area (Å²) in [4.78, 5) is 20.7. The van der Waals surface area contributed by atoms with Crippen molar-refractivity contribution in [2.24, 2.45) is 5.92 Å². The summed E-state index contributed by atoms with van der Waals surface area (Å²) >= 11 is 1.83. The molecule has 1 amide bonds. The zero-order valence-corrected chi connectivity index (χ0v) is 15.2. The van der Waals surface area contributed by atoms with Gasteiger partial charge in [-0.3, -0.25) is 9.69 Å². The van der Waals surface area contributed by atoms with Crippen molar-refractivity contribution in [1.29, 1.82) is 0 Å². The highest BCUT2D eigenvalue weighted by molar-refractivity contribution is 7.09. The minimum atomic E-state index is 0.135. The lowest BCUT2D eigenvalue weighted by molar-refractivity contribution is -0.135. The van der Waals surface area contributed by atoms with Gasteiger partial charge in [-0.15, -0.1) is 11.3 Å². The molecule has 4 rings (SSSR count). The average molecular weight is 350 g/mol. The number of likely N-dealkylation sites (N-methyl/N-ethyl adjacent to an activating group) is 1. The molecule has 3 aliphatic heterocycles. The summed E-state index contributed by atoms with van der Waals surface area (Å²) in [6.45, 7) is 6.87. The third kappa shape index (κ3) is 3.67. The van der Waals surface area contributed by atoms with Crippen molar-refractivity contribution in [2.75, 3.05) is 46.3 Å². The second-order valence-electron chi connectivity index (χ2n) is 7.45. The van der Waals surface area contributed by atoms with Crippen LogP contribution in [0.15, 0.2) is 17.5 Å². The number of thiophene rings is 1. The molecule has 0 aromatic carbocycles. The molecular weight excluding hydrogens is 322 g/mol. The molecule has 5 nitrogen and oxygen atoms in total. The van der Waals surface area contributed by atoms with Crippen molar-refractivity contribution in [1.82, 2.24) is 14.7 Å². The predicted molar refractivity (Wildman–Crippen MR) is 95.1 cm³/mol. The molecule has 0 spiro atoms. The van der Waals surface area contributed by atoms with Gasteiger partial charge in [0.25, 0.3) is 0 Å². The number of rotatable bonds is 4. The first-order valence-electron chi connectivity index (χ1n) is 9.04. The van der Waals surface area contributed by atoms with Gasteiger partial charge < -0.3 is 14.5 Å². The Labute approximate surface area is 148 Å². The van der Waals surface area contributed by atoms with E-state index in [1.54, 1.807) is 0 Å². The standard InChI is InChI=1S/C18H27N3O2S/c1-19-4-6-21(7-5-19)18(22)10-15-9-14-11-20(13-17(14)23-15)12-16-3-2-8-24-16/h2-3,8,14-15,17H,4-7,9-13H2,1H3/t14-,15-,17+/m0/s1. The van der Waals surface area contributed by atoms with Crippen LogP contribution in [0.5, 0.6) is 0 Å². The SMILES string of the molecule is CN1CCN(C(=O)C[C@@H]2C[C@H]3CN(Cc4cccs4)C[C@H]3O2)CC1. The molecule has 0 N–H and O–H groups in total. The summed E-state index contributed by atoms with van der Waals surface area (Å²) in [7, 11) is 2.12. The highest BCUT2D eigenvalue weighted by Gasteiger charge is 2.42. The van der Waals surface area contributed by atoms with Crippen molar-refractivity contribution >= 4 is 17.2 Å². The van der Waals surface area contributed by atoms with Crippen molar-refractivity contribution in [3.8, 4) is 0 Å². The van der Waals surface area contributed by atoms with Crippen molar-refractivity contribution < 1.29 is 9.53 Å². The van der Waals surface area contributed by atoms with Crippen molar-refractivity contribution in [2.45, 2.75) is 31.6 Å². The summed E-state index contributed by atoms with van der Waals surface area (Å²) in [5, 5.41) is 2.14. The first kappa shape index (κ1) is 16.5. The molecule has 0 aliphatic carbocycles. The Kier molecular flexibility index (Phi) is 4.90. The van der Waals surface area contributed by atoms with Gasteiger partial charge in [-0.1, -0.05) is 6.07 Å². The Morgan fingerprint density at radius 1 is 1.29 bits per heavy atom. The molecule has 3 saturated heterocycles. The Bertz CT molecular complexity index is 543. The van der Waals surface area contributed by atoms with E-state index in [-0.39, 0.29) is 12.0 Å². The van der Waals surface area contributed by atoms with Gasteiger partial charge in [0.05, 0.1) is 18.6 Å². The molecule has 3 atom stereocenters. The minimum absolute atomic E-state index is 0.135. The normalized spacial score (nSPS) is 31.5. The van der Waals surface area contributed by atoms with Gasteiger partial charge in [-0.2, -0.15) is 0 Å². The van der Waals surface area contributed by atoms with Gasteiger partial charge in [0.15, 0.2) is 0 Å². The van der Waals surface area contributed by atoms with Gasteiger partial charge in [0, 0.05) is 56.6 Å². The van der Waals surface area contributed by atoms with E-state index in [2.05, 4.69) is 34.4 Å². The number of carbonyl (C=O) groups is 1. The molecule has 0 unspecified atom stereocenters. The van der Waals surface area contributed by atoms with E-state index in [0.717, 1.165) is 52.2 Å². The molecule has 3 aliphatic rings.